The zero-order chi connectivity index (χ0) is 24.2. The smallest absolute Gasteiger partial charge is 0.319 e. The lowest BCUT2D eigenvalue weighted by Crippen LogP contribution is -2.51. The first-order chi connectivity index (χ1) is 17.6. The average molecular weight is 503 g/mol. The van der Waals surface area contributed by atoms with E-state index in [2.05, 4.69) is 45.3 Å². The van der Waals surface area contributed by atoms with Gasteiger partial charge in [-0.05, 0) is 75.2 Å². The maximum Gasteiger partial charge on any atom is 0.319 e. The van der Waals surface area contributed by atoms with E-state index in [0.717, 1.165) is 69.8 Å². The monoisotopic (exact) mass is 502 g/mol. The highest BCUT2D eigenvalue weighted by Crippen LogP contribution is 2.36. The minimum absolute atomic E-state index is 0.421. The normalized spacial score (nSPS) is 24.3. The third kappa shape index (κ3) is 3.99. The summed E-state index contributed by atoms with van der Waals surface area (Å²) < 4.78 is 6.26. The van der Waals surface area contributed by atoms with Gasteiger partial charge in [0.25, 0.3) is 0 Å². The molecule has 2 aromatic heterocycles. The topological polar surface area (TPSA) is 69.3 Å². The Morgan fingerprint density at radius 1 is 1.03 bits per heavy atom. The Morgan fingerprint density at radius 3 is 2.69 bits per heavy atom. The third-order valence-corrected chi connectivity index (χ3v) is 8.44. The molecule has 7 nitrogen and oxygen atoms in total. The van der Waals surface area contributed by atoms with Gasteiger partial charge in [0.05, 0.1) is 5.52 Å². The fraction of sp³-hybridized carbons (Fsp3) is 0.429. The number of anilines is 1. The molecule has 3 fully saturated rings. The number of nitrogens with zero attached hydrogens (tertiary/aromatic N) is 4. The summed E-state index contributed by atoms with van der Waals surface area (Å²) in [5.41, 5.74) is 4.20. The summed E-state index contributed by atoms with van der Waals surface area (Å²) in [6, 6.07) is 14.4. The summed E-state index contributed by atoms with van der Waals surface area (Å²) in [4.78, 5) is 18.1. The van der Waals surface area contributed by atoms with E-state index in [0.29, 0.717) is 30.7 Å². The number of aromatic amines is 1. The Kier molecular flexibility index (Phi) is 5.53. The van der Waals surface area contributed by atoms with E-state index < -0.39 is 0 Å². The number of H-pyrrole nitrogens is 1. The first-order valence-corrected chi connectivity index (χ1v) is 13.4. The average Bonchev–Trinajstić information content (AvgIpc) is 3.59. The summed E-state index contributed by atoms with van der Waals surface area (Å²) >= 11 is 6.32. The zero-order valence-electron chi connectivity index (χ0n) is 20.5. The number of halogens is 1. The summed E-state index contributed by atoms with van der Waals surface area (Å²) in [7, 11) is 2.17. The van der Waals surface area contributed by atoms with Gasteiger partial charge in [-0.1, -0.05) is 17.7 Å². The zero-order valence-corrected chi connectivity index (χ0v) is 21.3. The van der Waals surface area contributed by atoms with Gasteiger partial charge in [-0.25, -0.2) is 0 Å². The molecule has 36 heavy (non-hydrogen) atoms. The van der Waals surface area contributed by atoms with Crippen molar-refractivity contribution in [3.05, 3.63) is 47.6 Å². The van der Waals surface area contributed by atoms with Crippen molar-refractivity contribution in [2.24, 2.45) is 0 Å². The maximum absolute atomic E-state index is 6.32. The van der Waals surface area contributed by atoms with Crippen molar-refractivity contribution < 1.29 is 4.74 Å². The van der Waals surface area contributed by atoms with Crippen molar-refractivity contribution in [2.45, 2.75) is 43.8 Å². The molecule has 2 N–H and O–H groups in total. The van der Waals surface area contributed by atoms with Crippen molar-refractivity contribution in [2.75, 3.05) is 38.2 Å². The molecule has 186 valence electrons. The van der Waals surface area contributed by atoms with Gasteiger partial charge in [0.15, 0.2) is 0 Å². The highest BCUT2D eigenvalue weighted by atomic mass is 35.5. The Bertz CT molecular complexity index is 1420. The van der Waals surface area contributed by atoms with Crippen LogP contribution in [-0.2, 0) is 0 Å². The molecule has 3 atom stereocenters. The lowest BCUT2D eigenvalue weighted by Gasteiger charge is -2.34. The SMILES string of the molecule is CN1CCC[C@H]1COc1nc(N2CC3CCC(C2)N3)c2ccc(-c3c[nH]c4ccc(Cl)cc34)cc2n1. The molecule has 2 unspecified atom stereocenters. The highest BCUT2D eigenvalue weighted by molar-refractivity contribution is 6.31. The number of hydrogen-bond donors (Lipinski definition) is 2. The van der Waals surface area contributed by atoms with Gasteiger partial charge < -0.3 is 24.8 Å². The fourth-order valence-electron chi connectivity index (χ4n) is 6.23. The molecule has 3 saturated heterocycles. The van der Waals surface area contributed by atoms with Crippen LogP contribution in [0.25, 0.3) is 32.9 Å². The molecule has 0 radical (unpaired) electrons. The number of hydrogen-bond acceptors (Lipinski definition) is 6. The molecule has 3 aliphatic heterocycles. The van der Waals surface area contributed by atoms with Crippen LogP contribution in [0.3, 0.4) is 0 Å². The number of piperazine rings is 1. The second kappa shape index (κ2) is 8.91. The van der Waals surface area contributed by atoms with Crippen molar-refractivity contribution in [3.8, 4) is 17.1 Å². The van der Waals surface area contributed by atoms with Gasteiger partial charge in [0.1, 0.15) is 12.4 Å². The van der Waals surface area contributed by atoms with E-state index in [9.17, 15) is 0 Å². The molecule has 3 aliphatic rings. The number of likely N-dealkylation sites (N-methyl/N-ethyl adjacent to an activating group) is 1. The molecule has 5 heterocycles. The molecule has 0 amide bonds. The minimum atomic E-state index is 0.421. The summed E-state index contributed by atoms with van der Waals surface area (Å²) in [5, 5.41) is 6.64. The van der Waals surface area contributed by atoms with Gasteiger partial charge in [-0.3, -0.25) is 0 Å². The van der Waals surface area contributed by atoms with E-state index in [1.165, 1.54) is 19.3 Å². The van der Waals surface area contributed by atoms with Crippen molar-refractivity contribution in [1.29, 1.82) is 0 Å². The molecule has 8 heteroatoms. The van der Waals surface area contributed by atoms with Crippen LogP contribution in [-0.4, -0.2) is 71.3 Å². The van der Waals surface area contributed by atoms with Crippen LogP contribution in [0.4, 0.5) is 5.82 Å². The molecular formula is C28H31ClN6O. The number of ether oxygens (including phenoxy) is 1. The Labute approximate surface area is 215 Å². The lowest BCUT2D eigenvalue weighted by molar-refractivity contribution is 0.188. The molecule has 0 spiro atoms. The predicted octanol–water partition coefficient (Wildman–Crippen LogP) is 4.85. The van der Waals surface area contributed by atoms with Gasteiger partial charge in [-0.2, -0.15) is 9.97 Å². The largest absolute Gasteiger partial charge is 0.462 e. The van der Waals surface area contributed by atoms with Gasteiger partial charge in [0, 0.05) is 64.3 Å². The van der Waals surface area contributed by atoms with E-state index in [1.807, 2.05) is 24.4 Å². The minimum Gasteiger partial charge on any atom is -0.462 e. The van der Waals surface area contributed by atoms with E-state index >= 15 is 0 Å². The van der Waals surface area contributed by atoms with Crippen LogP contribution >= 0.6 is 11.6 Å². The maximum atomic E-state index is 6.32. The number of benzene rings is 2. The number of nitrogens with one attached hydrogen (secondary N) is 2. The first kappa shape index (κ1) is 22.3. The Hall–Kier alpha value is -2.87. The lowest BCUT2D eigenvalue weighted by atomic mass is 10.0. The summed E-state index contributed by atoms with van der Waals surface area (Å²) in [6.07, 6.45) is 6.89. The van der Waals surface area contributed by atoms with Crippen LogP contribution in [0.2, 0.25) is 5.02 Å². The number of fused-ring (bicyclic) bond motifs is 4. The molecule has 0 saturated carbocycles. The molecular weight excluding hydrogens is 472 g/mol. The second-order valence-corrected chi connectivity index (χ2v) is 11.0. The van der Waals surface area contributed by atoms with Gasteiger partial charge in [-0.15, -0.1) is 0 Å². The quantitative estimate of drug-likeness (QED) is 0.407. The van der Waals surface area contributed by atoms with Gasteiger partial charge in [0.2, 0.25) is 0 Å². The fourth-order valence-corrected chi connectivity index (χ4v) is 6.40. The van der Waals surface area contributed by atoms with Gasteiger partial charge >= 0.3 is 6.01 Å². The number of rotatable bonds is 5. The highest BCUT2D eigenvalue weighted by Gasteiger charge is 2.34. The van der Waals surface area contributed by atoms with E-state index in [4.69, 9.17) is 26.3 Å². The molecule has 4 aromatic rings. The van der Waals surface area contributed by atoms with Crippen LogP contribution < -0.4 is 15.0 Å². The molecule has 0 aliphatic carbocycles. The molecule has 7 rings (SSSR count). The number of aromatic nitrogens is 3. The molecule has 2 aromatic carbocycles. The van der Waals surface area contributed by atoms with Crippen LogP contribution in [0.15, 0.2) is 42.6 Å². The number of likely N-dealkylation sites (tertiary alicyclic amines) is 1. The first-order valence-electron chi connectivity index (χ1n) is 13.0. The van der Waals surface area contributed by atoms with Crippen molar-refractivity contribution in [1.82, 2.24) is 25.2 Å². The van der Waals surface area contributed by atoms with Crippen molar-refractivity contribution in [3.63, 3.8) is 0 Å². The Balaban J connectivity index is 1.30. The van der Waals surface area contributed by atoms with E-state index in [1.54, 1.807) is 0 Å². The van der Waals surface area contributed by atoms with Crippen LogP contribution in [0, 0.1) is 0 Å². The molecule has 2 bridgehead atoms. The van der Waals surface area contributed by atoms with E-state index in [-0.39, 0.29) is 0 Å². The predicted molar refractivity (Wildman–Crippen MR) is 145 cm³/mol. The Morgan fingerprint density at radius 2 is 1.89 bits per heavy atom. The summed E-state index contributed by atoms with van der Waals surface area (Å²) in [6.45, 7) is 3.68. The second-order valence-electron chi connectivity index (χ2n) is 10.6. The van der Waals surface area contributed by atoms with Crippen LogP contribution in [0.5, 0.6) is 6.01 Å². The standard InChI is InChI=1S/C28H31ClN6O/c1-34-10-2-3-21(34)16-36-28-32-26-11-17(24-13-30-25-9-5-18(29)12-23(24)25)4-8-22(26)27(33-28)35-14-19-6-7-20(15-35)31-19/h4-5,8-9,11-13,19-21,30-31H,2-3,6-7,10,14-16H2,1H3/t19?,20?,21-/m0/s1. The van der Waals surface area contributed by atoms with Crippen LogP contribution in [0.1, 0.15) is 25.7 Å². The summed E-state index contributed by atoms with van der Waals surface area (Å²) in [5.74, 6) is 0.988. The third-order valence-electron chi connectivity index (χ3n) is 8.20. The van der Waals surface area contributed by atoms with Crippen molar-refractivity contribution >= 4 is 39.2 Å².